The van der Waals surface area contributed by atoms with Gasteiger partial charge >= 0.3 is 0 Å². The van der Waals surface area contributed by atoms with Gasteiger partial charge in [0.15, 0.2) is 5.82 Å². The summed E-state index contributed by atoms with van der Waals surface area (Å²) >= 11 is 0. The van der Waals surface area contributed by atoms with Crippen LogP contribution in [0.25, 0.3) is 0 Å². The Morgan fingerprint density at radius 1 is 1.04 bits per heavy atom. The number of benzene rings is 1. The number of alkyl halides is 1. The lowest BCUT2D eigenvalue weighted by atomic mass is 10.1. The van der Waals surface area contributed by atoms with E-state index in [0.717, 1.165) is 12.4 Å². The minimum atomic E-state index is -1.25. The smallest absolute Gasteiger partial charge is 0.251 e. The number of hydrogen-bond acceptors (Lipinski definition) is 4. The fraction of sp³-hybridized carbons (Fsp3) is 0.368. The molecule has 8 heteroatoms. The van der Waals surface area contributed by atoms with Crippen molar-refractivity contribution in [1.29, 1.82) is 0 Å². The van der Waals surface area contributed by atoms with Crippen molar-refractivity contribution in [2.45, 2.75) is 37.8 Å². The Morgan fingerprint density at radius 3 is 2.15 bits per heavy atom. The van der Waals surface area contributed by atoms with E-state index >= 15 is 0 Å². The highest BCUT2D eigenvalue weighted by Gasteiger charge is 2.44. The second-order valence-electron chi connectivity index (χ2n) is 6.56. The summed E-state index contributed by atoms with van der Waals surface area (Å²) in [6, 6.07) is 6.19. The number of halogens is 2. The van der Waals surface area contributed by atoms with Crippen LogP contribution in [0, 0.1) is 5.82 Å². The predicted molar refractivity (Wildman–Crippen MR) is 95.3 cm³/mol. The number of nitrogens with zero attached hydrogens (tertiary/aromatic N) is 2. The van der Waals surface area contributed by atoms with Crippen LogP contribution in [0.1, 0.15) is 48.0 Å². The SMILES string of the molecule is C1CC1.O=C(CNC(=O)c1ccc(C2(F)CC2)cc1)Nc1ncc(F)cn1. The summed E-state index contributed by atoms with van der Waals surface area (Å²) in [6.07, 6.45) is 7.34. The van der Waals surface area contributed by atoms with Crippen LogP contribution in [0.4, 0.5) is 14.7 Å². The van der Waals surface area contributed by atoms with Crippen molar-refractivity contribution in [2.75, 3.05) is 11.9 Å². The highest BCUT2D eigenvalue weighted by atomic mass is 19.1. The molecule has 0 saturated heterocycles. The Hall–Kier alpha value is -2.90. The quantitative estimate of drug-likeness (QED) is 0.842. The van der Waals surface area contributed by atoms with Crippen molar-refractivity contribution in [3.05, 3.63) is 53.6 Å². The predicted octanol–water partition coefficient (Wildman–Crippen LogP) is 3.11. The fourth-order valence-corrected chi connectivity index (χ4v) is 2.13. The summed E-state index contributed by atoms with van der Waals surface area (Å²) in [5.74, 6) is -1.68. The maximum Gasteiger partial charge on any atom is 0.251 e. The summed E-state index contributed by atoms with van der Waals surface area (Å²) < 4.78 is 26.5. The lowest BCUT2D eigenvalue weighted by molar-refractivity contribution is -0.115. The van der Waals surface area contributed by atoms with Crippen LogP contribution in [0.15, 0.2) is 36.7 Å². The summed E-state index contributed by atoms with van der Waals surface area (Å²) in [5, 5.41) is 4.75. The van der Waals surface area contributed by atoms with Crippen molar-refractivity contribution < 1.29 is 18.4 Å². The maximum absolute atomic E-state index is 13.9. The number of nitrogens with one attached hydrogen (secondary N) is 2. The van der Waals surface area contributed by atoms with Crippen molar-refractivity contribution in [1.82, 2.24) is 15.3 Å². The molecule has 2 saturated carbocycles. The molecule has 0 atom stereocenters. The molecule has 0 spiro atoms. The first-order valence-electron chi connectivity index (χ1n) is 8.81. The van der Waals surface area contributed by atoms with Crippen molar-refractivity contribution in [2.24, 2.45) is 0 Å². The third-order valence-electron chi connectivity index (χ3n) is 3.99. The van der Waals surface area contributed by atoms with Gasteiger partial charge in [-0.3, -0.25) is 14.9 Å². The third kappa shape index (κ3) is 5.80. The fourth-order valence-electron chi connectivity index (χ4n) is 2.13. The van der Waals surface area contributed by atoms with E-state index in [2.05, 4.69) is 20.6 Å². The maximum atomic E-state index is 13.9. The molecule has 1 heterocycles. The number of anilines is 1. The van der Waals surface area contributed by atoms with Gasteiger partial charge in [-0.25, -0.2) is 18.7 Å². The van der Waals surface area contributed by atoms with Gasteiger partial charge in [0.2, 0.25) is 11.9 Å². The molecule has 2 aromatic rings. The monoisotopic (exact) mass is 374 g/mol. The molecule has 0 unspecified atom stereocenters. The van der Waals surface area contributed by atoms with E-state index in [1.54, 1.807) is 12.1 Å². The molecule has 142 valence electrons. The third-order valence-corrected chi connectivity index (χ3v) is 3.99. The summed E-state index contributed by atoms with van der Waals surface area (Å²) in [6.45, 7) is -0.297. The number of amides is 2. The van der Waals surface area contributed by atoms with E-state index in [-0.39, 0.29) is 12.5 Å². The zero-order valence-electron chi connectivity index (χ0n) is 14.7. The number of hydrogen-bond donors (Lipinski definition) is 2. The van der Waals surface area contributed by atoms with Crippen molar-refractivity contribution >= 4 is 17.8 Å². The lowest BCUT2D eigenvalue weighted by Crippen LogP contribution is -2.33. The van der Waals surface area contributed by atoms with Crippen LogP contribution in [-0.4, -0.2) is 28.3 Å². The molecule has 6 nitrogen and oxygen atoms in total. The molecular weight excluding hydrogens is 354 g/mol. The molecule has 0 aliphatic heterocycles. The Kier molecular flexibility index (Phi) is 5.73. The molecule has 0 bridgehead atoms. The van der Waals surface area contributed by atoms with Crippen molar-refractivity contribution in [3.63, 3.8) is 0 Å². The van der Waals surface area contributed by atoms with Gasteiger partial charge in [-0.15, -0.1) is 0 Å². The standard InChI is InChI=1S/C16H14F2N4O2.C3H6/c17-12-7-20-15(21-8-12)22-13(23)9-19-14(24)10-1-3-11(4-2-10)16(18)5-6-16;1-2-3-1/h1-4,7-8H,5-6,9H2,(H,19,24)(H,20,21,22,23);1-3H2. The lowest BCUT2D eigenvalue weighted by Gasteiger charge is -2.08. The first-order valence-corrected chi connectivity index (χ1v) is 8.81. The molecule has 2 amide bonds. The van der Waals surface area contributed by atoms with Gasteiger partial charge in [-0.2, -0.15) is 0 Å². The highest BCUT2D eigenvalue weighted by Crippen LogP contribution is 2.49. The second-order valence-corrected chi connectivity index (χ2v) is 6.56. The van der Waals surface area contributed by atoms with E-state index in [4.69, 9.17) is 0 Å². The Balaban J connectivity index is 0.000000637. The van der Waals surface area contributed by atoms with Gasteiger partial charge < -0.3 is 5.32 Å². The van der Waals surface area contributed by atoms with E-state index < -0.39 is 23.3 Å². The summed E-state index contributed by atoms with van der Waals surface area (Å²) in [4.78, 5) is 30.8. The van der Waals surface area contributed by atoms with Crippen LogP contribution in [-0.2, 0) is 10.5 Å². The van der Waals surface area contributed by atoms with E-state index in [9.17, 15) is 18.4 Å². The van der Waals surface area contributed by atoms with Gasteiger partial charge in [0, 0.05) is 5.56 Å². The highest BCUT2D eigenvalue weighted by molar-refractivity contribution is 5.98. The molecule has 27 heavy (non-hydrogen) atoms. The summed E-state index contributed by atoms with van der Waals surface area (Å²) in [7, 11) is 0. The topological polar surface area (TPSA) is 84.0 Å². The molecule has 1 aromatic heterocycles. The molecule has 4 rings (SSSR count). The van der Waals surface area contributed by atoms with Gasteiger partial charge in [-0.1, -0.05) is 31.4 Å². The van der Waals surface area contributed by atoms with Crippen molar-refractivity contribution in [3.8, 4) is 0 Å². The van der Waals surface area contributed by atoms with E-state index in [0.29, 0.717) is 24.0 Å². The minimum absolute atomic E-state index is 0.0577. The molecule has 2 N–H and O–H groups in total. The zero-order chi connectivity index (χ0) is 19.3. The molecule has 1 aromatic carbocycles. The van der Waals surface area contributed by atoms with Crippen LogP contribution < -0.4 is 10.6 Å². The number of carbonyl (C=O) groups excluding carboxylic acids is 2. The largest absolute Gasteiger partial charge is 0.343 e. The van der Waals surface area contributed by atoms with Gasteiger partial charge in [0.25, 0.3) is 5.91 Å². The zero-order valence-corrected chi connectivity index (χ0v) is 14.7. The van der Waals surface area contributed by atoms with Gasteiger partial charge in [-0.05, 0) is 30.5 Å². The van der Waals surface area contributed by atoms with Crippen LogP contribution >= 0.6 is 0 Å². The Bertz CT molecular complexity index is 801. The number of carbonyl (C=O) groups is 2. The molecule has 2 aliphatic rings. The first-order chi connectivity index (χ1) is 13.0. The second kappa shape index (κ2) is 8.20. The number of rotatable bonds is 5. The molecule has 0 radical (unpaired) electrons. The Labute approximate surface area is 155 Å². The van der Waals surface area contributed by atoms with Crippen LogP contribution in [0.3, 0.4) is 0 Å². The molecule has 2 fully saturated rings. The van der Waals surface area contributed by atoms with Crippen LogP contribution in [0.5, 0.6) is 0 Å². The Morgan fingerprint density at radius 2 is 1.63 bits per heavy atom. The summed E-state index contributed by atoms with van der Waals surface area (Å²) in [5.41, 5.74) is -0.358. The molecule has 2 aliphatic carbocycles. The average molecular weight is 374 g/mol. The minimum Gasteiger partial charge on any atom is -0.343 e. The van der Waals surface area contributed by atoms with Gasteiger partial charge in [0.05, 0.1) is 18.9 Å². The normalized spacial score (nSPS) is 15.8. The average Bonchev–Trinajstić information content (AvgIpc) is 3.58. The van der Waals surface area contributed by atoms with Gasteiger partial charge in [0.1, 0.15) is 5.67 Å². The van der Waals surface area contributed by atoms with E-state index in [1.165, 1.54) is 31.4 Å². The first kappa shape index (κ1) is 18.9. The number of aromatic nitrogens is 2. The molecular formula is C19H20F2N4O2. The van der Waals surface area contributed by atoms with E-state index in [1.807, 2.05) is 0 Å². The van der Waals surface area contributed by atoms with Crippen LogP contribution in [0.2, 0.25) is 0 Å².